The summed E-state index contributed by atoms with van der Waals surface area (Å²) in [7, 11) is 0. The molecule has 134 valence electrons. The zero-order chi connectivity index (χ0) is 17.9. The van der Waals surface area contributed by atoms with Crippen LogP contribution in [0.15, 0.2) is 42.7 Å². The van der Waals surface area contributed by atoms with Crippen molar-refractivity contribution in [1.82, 2.24) is 19.9 Å². The molecule has 0 bridgehead atoms. The Bertz CT molecular complexity index is 903. The van der Waals surface area contributed by atoms with Gasteiger partial charge in [0, 0.05) is 37.8 Å². The quantitative estimate of drug-likeness (QED) is 0.783. The molecular weight excluding hydrogens is 324 g/mol. The maximum absolute atomic E-state index is 12.6. The van der Waals surface area contributed by atoms with Gasteiger partial charge < -0.3 is 9.88 Å². The first kappa shape index (κ1) is 16.8. The molecule has 0 aliphatic carbocycles. The average molecular weight is 348 g/mol. The lowest BCUT2D eigenvalue weighted by molar-refractivity contribution is -0.132. The van der Waals surface area contributed by atoms with E-state index in [2.05, 4.69) is 35.1 Å². The molecule has 4 rings (SSSR count). The summed E-state index contributed by atoms with van der Waals surface area (Å²) in [6.45, 7) is 3.69. The fraction of sp³-hybridized carbons (Fsp3) is 0.381. The predicted molar refractivity (Wildman–Crippen MR) is 102 cm³/mol. The minimum atomic E-state index is 0.228. The van der Waals surface area contributed by atoms with Crippen LogP contribution in [0.2, 0.25) is 0 Å². The van der Waals surface area contributed by atoms with Gasteiger partial charge in [-0.2, -0.15) is 0 Å². The van der Waals surface area contributed by atoms with Crippen LogP contribution in [0.4, 0.5) is 0 Å². The van der Waals surface area contributed by atoms with Gasteiger partial charge >= 0.3 is 0 Å². The topological polar surface area (TPSA) is 61.9 Å². The third-order valence-corrected chi connectivity index (χ3v) is 5.24. The van der Waals surface area contributed by atoms with Crippen molar-refractivity contribution >= 4 is 16.9 Å². The number of carbonyl (C=O) groups excluding carboxylic acids is 1. The third-order valence-electron chi connectivity index (χ3n) is 5.24. The standard InChI is InChI=1S/C21H24N4O/c1-15-5-2-8-18-20(15)24-21(23-18)17-7-4-12-25(14-17)19(26)10-9-16-6-3-11-22-13-16/h2-3,5-6,8,11,13,17H,4,7,9-10,12,14H2,1H3,(H,23,24)/t17-/m1/s1. The van der Waals surface area contributed by atoms with Gasteiger partial charge in [0.15, 0.2) is 0 Å². The van der Waals surface area contributed by atoms with Crippen molar-refractivity contribution in [2.24, 2.45) is 0 Å². The number of pyridine rings is 1. The monoisotopic (exact) mass is 348 g/mol. The number of amides is 1. The Morgan fingerprint density at radius 1 is 1.31 bits per heavy atom. The van der Waals surface area contributed by atoms with Crippen LogP contribution in [0.25, 0.3) is 11.0 Å². The smallest absolute Gasteiger partial charge is 0.222 e. The minimum absolute atomic E-state index is 0.228. The molecule has 1 atom stereocenters. The molecule has 0 spiro atoms. The summed E-state index contributed by atoms with van der Waals surface area (Å²) >= 11 is 0. The molecule has 1 N–H and O–H groups in total. The van der Waals surface area contributed by atoms with Crippen LogP contribution < -0.4 is 0 Å². The molecule has 3 heterocycles. The molecule has 5 heteroatoms. The molecule has 0 saturated carbocycles. The molecule has 1 saturated heterocycles. The Morgan fingerprint density at radius 2 is 2.23 bits per heavy atom. The second-order valence-corrected chi connectivity index (χ2v) is 7.13. The highest BCUT2D eigenvalue weighted by Gasteiger charge is 2.26. The van der Waals surface area contributed by atoms with E-state index in [4.69, 9.17) is 4.98 Å². The highest BCUT2D eigenvalue weighted by molar-refractivity contribution is 5.79. The number of carbonyl (C=O) groups is 1. The largest absolute Gasteiger partial charge is 0.342 e. The first-order valence-electron chi connectivity index (χ1n) is 9.32. The van der Waals surface area contributed by atoms with E-state index in [0.717, 1.165) is 54.8 Å². The number of para-hydroxylation sites is 1. The molecule has 2 aromatic heterocycles. The van der Waals surface area contributed by atoms with Crippen LogP contribution in [0, 0.1) is 6.92 Å². The normalized spacial score (nSPS) is 17.6. The second-order valence-electron chi connectivity index (χ2n) is 7.13. The number of aromatic amines is 1. The lowest BCUT2D eigenvalue weighted by Gasteiger charge is -2.32. The summed E-state index contributed by atoms with van der Waals surface area (Å²) in [5.74, 6) is 1.53. The number of hydrogen-bond acceptors (Lipinski definition) is 3. The molecule has 5 nitrogen and oxygen atoms in total. The molecule has 1 aromatic carbocycles. The number of fused-ring (bicyclic) bond motifs is 1. The number of nitrogens with zero attached hydrogens (tertiary/aromatic N) is 3. The van der Waals surface area contributed by atoms with E-state index >= 15 is 0 Å². The lowest BCUT2D eigenvalue weighted by atomic mass is 9.97. The first-order chi connectivity index (χ1) is 12.7. The number of piperidine rings is 1. The lowest BCUT2D eigenvalue weighted by Crippen LogP contribution is -2.39. The Balaban J connectivity index is 1.43. The van der Waals surface area contributed by atoms with Gasteiger partial charge in [-0.25, -0.2) is 4.98 Å². The third kappa shape index (κ3) is 3.47. The van der Waals surface area contributed by atoms with E-state index < -0.39 is 0 Å². The molecule has 0 radical (unpaired) electrons. The number of rotatable bonds is 4. The summed E-state index contributed by atoms with van der Waals surface area (Å²) in [4.78, 5) is 27.1. The van der Waals surface area contributed by atoms with Gasteiger partial charge in [0.05, 0.1) is 11.0 Å². The van der Waals surface area contributed by atoms with Gasteiger partial charge in [0.1, 0.15) is 5.82 Å². The van der Waals surface area contributed by atoms with E-state index in [9.17, 15) is 4.79 Å². The molecule has 1 aliphatic heterocycles. The Labute approximate surface area is 153 Å². The number of nitrogens with one attached hydrogen (secondary N) is 1. The Morgan fingerprint density at radius 3 is 3.04 bits per heavy atom. The van der Waals surface area contributed by atoms with Crippen LogP contribution in [-0.2, 0) is 11.2 Å². The molecule has 3 aromatic rings. The van der Waals surface area contributed by atoms with E-state index in [1.54, 1.807) is 6.20 Å². The maximum atomic E-state index is 12.6. The average Bonchev–Trinajstić information content (AvgIpc) is 3.13. The van der Waals surface area contributed by atoms with Crippen LogP contribution in [0.5, 0.6) is 0 Å². The number of likely N-dealkylation sites (tertiary alicyclic amines) is 1. The summed E-state index contributed by atoms with van der Waals surface area (Å²) in [5, 5.41) is 0. The van der Waals surface area contributed by atoms with Crippen molar-refractivity contribution in [2.75, 3.05) is 13.1 Å². The predicted octanol–water partition coefficient (Wildman–Crippen LogP) is 3.61. The number of imidazole rings is 1. The highest BCUT2D eigenvalue weighted by Crippen LogP contribution is 2.28. The van der Waals surface area contributed by atoms with Crippen molar-refractivity contribution in [2.45, 2.75) is 38.5 Å². The number of benzene rings is 1. The Kier molecular flexibility index (Phi) is 4.69. The fourth-order valence-corrected chi connectivity index (χ4v) is 3.77. The van der Waals surface area contributed by atoms with E-state index in [1.165, 1.54) is 5.56 Å². The van der Waals surface area contributed by atoms with Crippen LogP contribution in [-0.4, -0.2) is 38.8 Å². The molecular formula is C21H24N4O. The molecule has 1 aliphatic rings. The molecule has 26 heavy (non-hydrogen) atoms. The van der Waals surface area contributed by atoms with Crippen LogP contribution in [0.3, 0.4) is 0 Å². The van der Waals surface area contributed by atoms with E-state index in [-0.39, 0.29) is 11.8 Å². The van der Waals surface area contributed by atoms with Gasteiger partial charge in [-0.3, -0.25) is 9.78 Å². The van der Waals surface area contributed by atoms with Crippen molar-refractivity contribution in [3.8, 4) is 0 Å². The zero-order valence-electron chi connectivity index (χ0n) is 15.1. The van der Waals surface area contributed by atoms with Gasteiger partial charge in [0.25, 0.3) is 0 Å². The summed E-state index contributed by atoms with van der Waals surface area (Å²) in [6, 6.07) is 10.1. The molecule has 0 unspecified atom stereocenters. The number of aryl methyl sites for hydroxylation is 2. The van der Waals surface area contributed by atoms with Gasteiger partial charge in [-0.1, -0.05) is 18.2 Å². The van der Waals surface area contributed by atoms with Crippen LogP contribution >= 0.6 is 0 Å². The number of aromatic nitrogens is 3. The minimum Gasteiger partial charge on any atom is -0.342 e. The zero-order valence-corrected chi connectivity index (χ0v) is 15.1. The van der Waals surface area contributed by atoms with E-state index in [0.29, 0.717) is 6.42 Å². The van der Waals surface area contributed by atoms with E-state index in [1.807, 2.05) is 23.2 Å². The molecule has 1 fully saturated rings. The maximum Gasteiger partial charge on any atom is 0.222 e. The fourth-order valence-electron chi connectivity index (χ4n) is 3.77. The van der Waals surface area contributed by atoms with Crippen molar-refractivity contribution in [3.05, 3.63) is 59.7 Å². The highest BCUT2D eigenvalue weighted by atomic mass is 16.2. The van der Waals surface area contributed by atoms with Crippen molar-refractivity contribution < 1.29 is 4.79 Å². The van der Waals surface area contributed by atoms with Crippen LogP contribution in [0.1, 0.15) is 42.1 Å². The summed E-state index contributed by atoms with van der Waals surface area (Å²) < 4.78 is 0. The summed E-state index contributed by atoms with van der Waals surface area (Å²) in [6.07, 6.45) is 6.98. The number of H-pyrrole nitrogens is 1. The molecule has 1 amide bonds. The van der Waals surface area contributed by atoms with Gasteiger partial charge in [-0.05, 0) is 49.4 Å². The number of hydrogen-bond donors (Lipinski definition) is 1. The van der Waals surface area contributed by atoms with Crippen molar-refractivity contribution in [3.63, 3.8) is 0 Å². The summed E-state index contributed by atoms with van der Waals surface area (Å²) in [5.41, 5.74) is 4.43. The SMILES string of the molecule is Cc1cccc2[nH]c([C@@H]3CCCN(C(=O)CCc4cccnc4)C3)nc12. The van der Waals surface area contributed by atoms with Crippen molar-refractivity contribution in [1.29, 1.82) is 0 Å². The van der Waals surface area contributed by atoms with Gasteiger partial charge in [-0.15, -0.1) is 0 Å². The second kappa shape index (κ2) is 7.28. The first-order valence-corrected chi connectivity index (χ1v) is 9.32. The van der Waals surface area contributed by atoms with Gasteiger partial charge in [0.2, 0.25) is 5.91 Å². The Hall–Kier alpha value is -2.69.